The van der Waals surface area contributed by atoms with Gasteiger partial charge in [-0.05, 0) is 41.1 Å². The molecule has 3 heteroatoms. The molecule has 0 bridgehead atoms. The molecule has 0 spiro atoms. The van der Waals surface area contributed by atoms with Crippen LogP contribution in [0.3, 0.4) is 0 Å². The van der Waals surface area contributed by atoms with Crippen molar-refractivity contribution >= 4 is 0 Å². The Hall–Kier alpha value is -1.71. The topological polar surface area (TPSA) is 42.1 Å². The van der Waals surface area contributed by atoms with Crippen LogP contribution in [0.2, 0.25) is 0 Å². The summed E-state index contributed by atoms with van der Waals surface area (Å²) >= 11 is 0. The zero-order valence-electron chi connectivity index (χ0n) is 14.6. The van der Waals surface area contributed by atoms with Crippen molar-refractivity contribution < 1.29 is 0 Å². The minimum absolute atomic E-state index is 0.202. The van der Waals surface area contributed by atoms with Gasteiger partial charge in [-0.25, -0.2) is 0 Å². The smallest absolute Gasteiger partial charge is 0.0312 e. The van der Waals surface area contributed by atoms with E-state index in [0.717, 1.165) is 32.6 Å². The number of nitrogens with two attached hydrogens (primary N) is 1. The SMILES string of the molecule is CC(C)(C)c1ccc(CN(CCCN)Cc2cccnc2)cc1. The van der Waals surface area contributed by atoms with Crippen LogP contribution in [0, 0.1) is 0 Å². The molecule has 0 fully saturated rings. The highest BCUT2D eigenvalue weighted by molar-refractivity contribution is 5.27. The molecular formula is C20H29N3. The first-order valence-corrected chi connectivity index (χ1v) is 8.40. The van der Waals surface area contributed by atoms with Crippen molar-refractivity contribution in [3.05, 3.63) is 65.5 Å². The van der Waals surface area contributed by atoms with E-state index < -0.39 is 0 Å². The number of pyridine rings is 1. The van der Waals surface area contributed by atoms with Crippen molar-refractivity contribution in [3.8, 4) is 0 Å². The van der Waals surface area contributed by atoms with Gasteiger partial charge in [0.05, 0.1) is 0 Å². The third-order valence-corrected chi connectivity index (χ3v) is 4.03. The van der Waals surface area contributed by atoms with E-state index in [9.17, 15) is 0 Å². The molecule has 124 valence electrons. The lowest BCUT2D eigenvalue weighted by Gasteiger charge is -2.23. The van der Waals surface area contributed by atoms with Crippen molar-refractivity contribution in [2.24, 2.45) is 5.73 Å². The molecule has 1 heterocycles. The van der Waals surface area contributed by atoms with Crippen LogP contribution in [0.15, 0.2) is 48.8 Å². The van der Waals surface area contributed by atoms with Gasteiger partial charge in [0.25, 0.3) is 0 Å². The van der Waals surface area contributed by atoms with E-state index in [4.69, 9.17) is 5.73 Å². The van der Waals surface area contributed by atoms with Gasteiger partial charge in [-0.2, -0.15) is 0 Å². The molecule has 0 unspecified atom stereocenters. The second-order valence-corrected chi connectivity index (χ2v) is 7.16. The third kappa shape index (κ3) is 5.77. The quantitative estimate of drug-likeness (QED) is 0.847. The van der Waals surface area contributed by atoms with Gasteiger partial charge in [-0.3, -0.25) is 9.88 Å². The Labute approximate surface area is 140 Å². The molecule has 0 saturated carbocycles. The van der Waals surface area contributed by atoms with Crippen LogP contribution in [0.1, 0.15) is 43.9 Å². The summed E-state index contributed by atoms with van der Waals surface area (Å²) in [5.74, 6) is 0. The molecule has 0 atom stereocenters. The van der Waals surface area contributed by atoms with Crippen LogP contribution >= 0.6 is 0 Å². The fourth-order valence-electron chi connectivity index (χ4n) is 2.65. The molecule has 0 aliphatic rings. The fourth-order valence-corrected chi connectivity index (χ4v) is 2.65. The highest BCUT2D eigenvalue weighted by Crippen LogP contribution is 2.22. The maximum Gasteiger partial charge on any atom is 0.0312 e. The van der Waals surface area contributed by atoms with Gasteiger partial charge in [-0.1, -0.05) is 51.1 Å². The molecule has 1 aromatic carbocycles. The Morgan fingerprint density at radius 1 is 1.00 bits per heavy atom. The van der Waals surface area contributed by atoms with E-state index >= 15 is 0 Å². The van der Waals surface area contributed by atoms with Gasteiger partial charge >= 0.3 is 0 Å². The number of hydrogen-bond acceptors (Lipinski definition) is 3. The van der Waals surface area contributed by atoms with E-state index in [2.05, 4.69) is 61.0 Å². The molecule has 0 amide bonds. The Bertz CT molecular complexity index is 570. The number of rotatable bonds is 7. The molecule has 0 aliphatic heterocycles. The fraction of sp³-hybridized carbons (Fsp3) is 0.450. The maximum absolute atomic E-state index is 5.69. The average molecular weight is 311 g/mol. The van der Waals surface area contributed by atoms with Gasteiger partial charge in [0, 0.05) is 32.0 Å². The summed E-state index contributed by atoms with van der Waals surface area (Å²) in [6.07, 6.45) is 4.78. The molecule has 1 aromatic heterocycles. The van der Waals surface area contributed by atoms with Crippen LogP contribution in [0.5, 0.6) is 0 Å². The summed E-state index contributed by atoms with van der Waals surface area (Å²) in [5.41, 5.74) is 9.86. The van der Waals surface area contributed by atoms with Crippen molar-refractivity contribution in [2.45, 2.75) is 45.7 Å². The van der Waals surface area contributed by atoms with E-state index in [0.29, 0.717) is 0 Å². The predicted molar refractivity (Wildman–Crippen MR) is 97.2 cm³/mol. The minimum Gasteiger partial charge on any atom is -0.330 e. The lowest BCUT2D eigenvalue weighted by Crippen LogP contribution is -2.25. The molecule has 2 aromatic rings. The standard InChI is InChI=1S/C20H29N3/c1-20(2,3)19-9-7-17(8-10-19)15-23(13-5-11-21)16-18-6-4-12-22-14-18/h4,6-10,12,14H,5,11,13,15-16,21H2,1-3H3. The van der Waals surface area contributed by atoms with E-state index in [-0.39, 0.29) is 5.41 Å². The first-order valence-electron chi connectivity index (χ1n) is 8.40. The zero-order chi connectivity index (χ0) is 16.7. The summed E-state index contributed by atoms with van der Waals surface area (Å²) < 4.78 is 0. The largest absolute Gasteiger partial charge is 0.330 e. The van der Waals surface area contributed by atoms with E-state index in [1.54, 1.807) is 0 Å². The number of aromatic nitrogens is 1. The van der Waals surface area contributed by atoms with Gasteiger partial charge < -0.3 is 5.73 Å². The van der Waals surface area contributed by atoms with E-state index in [1.165, 1.54) is 16.7 Å². The Morgan fingerprint density at radius 2 is 1.70 bits per heavy atom. The van der Waals surface area contributed by atoms with E-state index in [1.807, 2.05) is 18.5 Å². The monoisotopic (exact) mass is 311 g/mol. The van der Waals surface area contributed by atoms with Crippen LogP contribution in [-0.2, 0) is 18.5 Å². The number of nitrogens with zero attached hydrogens (tertiary/aromatic N) is 2. The summed E-state index contributed by atoms with van der Waals surface area (Å²) in [5, 5.41) is 0. The van der Waals surface area contributed by atoms with Crippen LogP contribution in [-0.4, -0.2) is 23.0 Å². The van der Waals surface area contributed by atoms with Crippen LogP contribution < -0.4 is 5.73 Å². The lowest BCUT2D eigenvalue weighted by atomic mass is 9.87. The Balaban J connectivity index is 2.05. The molecule has 0 radical (unpaired) electrons. The maximum atomic E-state index is 5.69. The number of benzene rings is 1. The van der Waals surface area contributed by atoms with Crippen molar-refractivity contribution in [1.29, 1.82) is 0 Å². The second kappa shape index (κ2) is 8.23. The van der Waals surface area contributed by atoms with Crippen molar-refractivity contribution in [1.82, 2.24) is 9.88 Å². The van der Waals surface area contributed by atoms with Gasteiger partial charge in [0.15, 0.2) is 0 Å². The Morgan fingerprint density at radius 3 is 2.26 bits per heavy atom. The molecular weight excluding hydrogens is 282 g/mol. The molecule has 2 N–H and O–H groups in total. The molecule has 2 rings (SSSR count). The summed E-state index contributed by atoms with van der Waals surface area (Å²) in [4.78, 5) is 6.65. The zero-order valence-corrected chi connectivity index (χ0v) is 14.6. The molecule has 23 heavy (non-hydrogen) atoms. The molecule has 0 aliphatic carbocycles. The first-order chi connectivity index (χ1) is 11.0. The first kappa shape index (κ1) is 17.6. The normalized spacial score (nSPS) is 11.9. The minimum atomic E-state index is 0.202. The van der Waals surface area contributed by atoms with Crippen LogP contribution in [0.4, 0.5) is 0 Å². The molecule has 0 saturated heterocycles. The summed E-state index contributed by atoms with van der Waals surface area (Å²) in [6.45, 7) is 10.3. The third-order valence-electron chi connectivity index (χ3n) is 4.03. The highest BCUT2D eigenvalue weighted by atomic mass is 15.1. The summed E-state index contributed by atoms with van der Waals surface area (Å²) in [6, 6.07) is 13.1. The number of hydrogen-bond donors (Lipinski definition) is 1. The predicted octanol–water partition coefficient (Wildman–Crippen LogP) is 3.73. The summed E-state index contributed by atoms with van der Waals surface area (Å²) in [7, 11) is 0. The average Bonchev–Trinajstić information content (AvgIpc) is 2.53. The van der Waals surface area contributed by atoms with Gasteiger partial charge in [0.2, 0.25) is 0 Å². The molecule has 3 nitrogen and oxygen atoms in total. The van der Waals surface area contributed by atoms with Gasteiger partial charge in [-0.15, -0.1) is 0 Å². The second-order valence-electron chi connectivity index (χ2n) is 7.16. The highest BCUT2D eigenvalue weighted by Gasteiger charge is 2.13. The lowest BCUT2D eigenvalue weighted by molar-refractivity contribution is 0.254. The van der Waals surface area contributed by atoms with Gasteiger partial charge in [0.1, 0.15) is 0 Å². The van der Waals surface area contributed by atoms with Crippen LogP contribution in [0.25, 0.3) is 0 Å². The van der Waals surface area contributed by atoms with Crippen molar-refractivity contribution in [2.75, 3.05) is 13.1 Å². The van der Waals surface area contributed by atoms with Crippen molar-refractivity contribution in [3.63, 3.8) is 0 Å². The Kier molecular flexibility index (Phi) is 6.31.